The second kappa shape index (κ2) is 6.40. The van der Waals surface area contributed by atoms with E-state index in [0.29, 0.717) is 18.6 Å². The van der Waals surface area contributed by atoms with E-state index in [1.807, 2.05) is 18.2 Å². The molecule has 0 amide bonds. The zero-order valence-electron chi connectivity index (χ0n) is 14.8. The molecule has 1 spiro atoms. The van der Waals surface area contributed by atoms with E-state index in [4.69, 9.17) is 16.6 Å². The van der Waals surface area contributed by atoms with Crippen molar-refractivity contribution in [3.8, 4) is 0 Å². The lowest BCUT2D eigenvalue weighted by atomic mass is 9.68. The minimum Gasteiger partial charge on any atom is -0.343 e. The van der Waals surface area contributed by atoms with Crippen LogP contribution in [0.15, 0.2) is 53.5 Å². The minimum atomic E-state index is 0.143. The third-order valence-corrected chi connectivity index (χ3v) is 6.45. The van der Waals surface area contributed by atoms with Crippen LogP contribution in [0.4, 0.5) is 5.69 Å². The van der Waals surface area contributed by atoms with E-state index >= 15 is 0 Å². The van der Waals surface area contributed by atoms with Crippen LogP contribution in [0.5, 0.6) is 0 Å². The Labute approximate surface area is 159 Å². The van der Waals surface area contributed by atoms with E-state index in [0.717, 1.165) is 17.0 Å². The summed E-state index contributed by atoms with van der Waals surface area (Å²) >= 11 is 6.15. The van der Waals surface area contributed by atoms with Gasteiger partial charge in [-0.3, -0.25) is 4.99 Å². The smallest absolute Gasteiger partial charge is 0.108 e. The van der Waals surface area contributed by atoms with Crippen LogP contribution in [-0.4, -0.2) is 17.9 Å². The first-order chi connectivity index (χ1) is 12.7. The summed E-state index contributed by atoms with van der Waals surface area (Å²) in [6.07, 6.45) is 6.06. The summed E-state index contributed by atoms with van der Waals surface area (Å²) in [6.45, 7) is 0.676. The maximum Gasteiger partial charge on any atom is 0.108 e. The molecule has 3 aliphatic heterocycles. The number of hydrogen-bond donors (Lipinski definition) is 2. The van der Waals surface area contributed by atoms with Crippen molar-refractivity contribution in [3.63, 3.8) is 0 Å². The van der Waals surface area contributed by atoms with Crippen LogP contribution in [0.1, 0.15) is 36.8 Å². The van der Waals surface area contributed by atoms with Gasteiger partial charge in [-0.05, 0) is 61.4 Å². The van der Waals surface area contributed by atoms with Crippen LogP contribution in [0, 0.1) is 5.41 Å². The Bertz CT molecular complexity index is 848. The molecule has 26 heavy (non-hydrogen) atoms. The maximum atomic E-state index is 6.15. The topological polar surface area (TPSA) is 36.4 Å². The molecular formula is C22H24ClN3. The molecule has 134 valence electrons. The van der Waals surface area contributed by atoms with Gasteiger partial charge in [0.05, 0.1) is 6.54 Å². The molecule has 0 saturated carbocycles. The number of aliphatic imine (C=N–C) groups is 1. The fraction of sp³-hybridized carbons (Fsp3) is 0.409. The predicted octanol–water partition coefficient (Wildman–Crippen LogP) is 4.81. The van der Waals surface area contributed by atoms with Gasteiger partial charge in [0.25, 0.3) is 0 Å². The Hall–Kier alpha value is -1.84. The second-order valence-electron chi connectivity index (χ2n) is 8.08. The number of fused-ring (bicyclic) bond motifs is 3. The molecule has 2 aromatic rings. The maximum absolute atomic E-state index is 6.15. The lowest BCUT2D eigenvalue weighted by Gasteiger charge is -2.45. The van der Waals surface area contributed by atoms with Gasteiger partial charge in [-0.2, -0.15) is 0 Å². The second-order valence-corrected chi connectivity index (χ2v) is 8.52. The number of para-hydroxylation sites is 1. The zero-order chi connectivity index (χ0) is 17.6. The van der Waals surface area contributed by atoms with Crippen LogP contribution in [0.2, 0.25) is 5.02 Å². The number of benzene rings is 2. The highest BCUT2D eigenvalue weighted by Gasteiger charge is 2.48. The van der Waals surface area contributed by atoms with E-state index in [1.54, 1.807) is 0 Å². The van der Waals surface area contributed by atoms with Crippen molar-refractivity contribution in [1.29, 1.82) is 0 Å². The molecule has 5 rings (SSSR count). The number of hydrogen-bond acceptors (Lipinski definition) is 2. The van der Waals surface area contributed by atoms with Crippen molar-refractivity contribution in [2.75, 3.05) is 5.32 Å². The molecule has 2 N–H and O–H groups in total. The van der Waals surface area contributed by atoms with Crippen molar-refractivity contribution in [1.82, 2.24) is 5.32 Å². The van der Waals surface area contributed by atoms with Gasteiger partial charge in [-0.15, -0.1) is 0 Å². The molecule has 2 aromatic carbocycles. The van der Waals surface area contributed by atoms with E-state index in [9.17, 15) is 0 Å². The summed E-state index contributed by atoms with van der Waals surface area (Å²) in [5, 5.41) is 8.27. The molecular weight excluding hydrogens is 342 g/mol. The number of nitrogens with one attached hydrogen (secondary N) is 2. The van der Waals surface area contributed by atoms with Gasteiger partial charge in [0.15, 0.2) is 0 Å². The summed E-state index contributed by atoms with van der Waals surface area (Å²) in [6, 6.07) is 18.0. The van der Waals surface area contributed by atoms with Gasteiger partial charge in [0, 0.05) is 28.2 Å². The number of rotatable bonds is 2. The molecule has 3 nitrogen and oxygen atoms in total. The van der Waals surface area contributed by atoms with Gasteiger partial charge in [0.1, 0.15) is 5.84 Å². The van der Waals surface area contributed by atoms with Crippen molar-refractivity contribution in [2.45, 2.75) is 50.7 Å². The van der Waals surface area contributed by atoms with E-state index in [-0.39, 0.29) is 5.41 Å². The number of amidine groups is 1. The zero-order valence-corrected chi connectivity index (χ0v) is 15.6. The standard InChI is InChI=1S/C22H24ClN3/c23-17-6-3-4-15(10-17)14-24-21-22(12-18-8-9-19(13-22)25-18)11-16-5-1-2-7-20(16)26-21/h1-7,10,18-19,25H,8-9,11-14H2,(H,24,26). The molecule has 2 atom stereocenters. The number of halogens is 1. The molecule has 0 aliphatic carbocycles. The van der Waals surface area contributed by atoms with Crippen molar-refractivity contribution >= 4 is 23.1 Å². The monoisotopic (exact) mass is 365 g/mol. The van der Waals surface area contributed by atoms with Crippen LogP contribution >= 0.6 is 11.6 Å². The Morgan fingerprint density at radius 3 is 2.65 bits per heavy atom. The highest BCUT2D eigenvalue weighted by Crippen LogP contribution is 2.47. The van der Waals surface area contributed by atoms with Crippen molar-refractivity contribution < 1.29 is 0 Å². The fourth-order valence-corrected chi connectivity index (χ4v) is 5.32. The minimum absolute atomic E-state index is 0.143. The normalized spacial score (nSPS) is 31.0. The fourth-order valence-electron chi connectivity index (χ4n) is 5.11. The highest BCUT2D eigenvalue weighted by atomic mass is 35.5. The molecule has 3 heterocycles. The summed E-state index contributed by atoms with van der Waals surface area (Å²) in [5.74, 6) is 1.18. The number of anilines is 1. The summed E-state index contributed by atoms with van der Waals surface area (Å²) in [7, 11) is 0. The average molecular weight is 366 g/mol. The molecule has 2 bridgehead atoms. The van der Waals surface area contributed by atoms with Crippen LogP contribution in [-0.2, 0) is 13.0 Å². The van der Waals surface area contributed by atoms with Gasteiger partial charge in [0.2, 0.25) is 0 Å². The quantitative estimate of drug-likeness (QED) is 0.801. The molecule has 4 heteroatoms. The van der Waals surface area contributed by atoms with Crippen LogP contribution in [0.25, 0.3) is 0 Å². The van der Waals surface area contributed by atoms with Gasteiger partial charge >= 0.3 is 0 Å². The van der Waals surface area contributed by atoms with E-state index < -0.39 is 0 Å². The predicted molar refractivity (Wildman–Crippen MR) is 108 cm³/mol. The Balaban J connectivity index is 1.51. The van der Waals surface area contributed by atoms with Gasteiger partial charge in [-0.25, -0.2) is 0 Å². The molecule has 0 aromatic heterocycles. The first-order valence-electron chi connectivity index (χ1n) is 9.61. The van der Waals surface area contributed by atoms with E-state index in [2.05, 4.69) is 41.0 Å². The Morgan fingerprint density at radius 2 is 1.85 bits per heavy atom. The first kappa shape index (κ1) is 16.3. The van der Waals surface area contributed by atoms with Crippen LogP contribution < -0.4 is 10.6 Å². The lowest BCUT2D eigenvalue weighted by Crippen LogP contribution is -2.52. The summed E-state index contributed by atoms with van der Waals surface area (Å²) < 4.78 is 0. The Morgan fingerprint density at radius 1 is 1.04 bits per heavy atom. The highest BCUT2D eigenvalue weighted by molar-refractivity contribution is 6.30. The van der Waals surface area contributed by atoms with E-state index in [1.165, 1.54) is 42.8 Å². The summed E-state index contributed by atoms with van der Waals surface area (Å²) in [4.78, 5) is 5.09. The van der Waals surface area contributed by atoms with Gasteiger partial charge in [-0.1, -0.05) is 41.9 Å². The van der Waals surface area contributed by atoms with Crippen LogP contribution in [0.3, 0.4) is 0 Å². The Kier molecular flexibility index (Phi) is 4.02. The van der Waals surface area contributed by atoms with Gasteiger partial charge < -0.3 is 10.6 Å². The third-order valence-electron chi connectivity index (χ3n) is 6.22. The molecule has 2 fully saturated rings. The largest absolute Gasteiger partial charge is 0.343 e. The lowest BCUT2D eigenvalue weighted by molar-refractivity contribution is 0.235. The third kappa shape index (κ3) is 2.93. The number of piperidine rings is 1. The summed E-state index contributed by atoms with van der Waals surface area (Å²) in [5.41, 5.74) is 3.95. The SMILES string of the molecule is Clc1cccc(CN=C2Nc3ccccc3CC23CC2CCC(C3)N2)c1. The first-order valence-corrected chi connectivity index (χ1v) is 9.98. The molecule has 2 saturated heterocycles. The average Bonchev–Trinajstić information content (AvgIpc) is 2.99. The molecule has 0 radical (unpaired) electrons. The van der Waals surface area contributed by atoms with Crippen molar-refractivity contribution in [3.05, 3.63) is 64.7 Å². The van der Waals surface area contributed by atoms with Crippen molar-refractivity contribution in [2.24, 2.45) is 10.4 Å². The number of nitrogens with zero attached hydrogens (tertiary/aromatic N) is 1. The molecule has 3 aliphatic rings. The molecule has 2 unspecified atom stereocenters.